The van der Waals surface area contributed by atoms with Gasteiger partial charge in [-0.15, -0.1) is 0 Å². The minimum Gasteiger partial charge on any atom is -0.388 e. The Kier molecular flexibility index (Phi) is 3.20. The Bertz CT molecular complexity index is 380. The summed E-state index contributed by atoms with van der Waals surface area (Å²) in [6.45, 7) is 1.80. The molecule has 0 radical (unpaired) electrons. The number of nitrogens with zero attached hydrogens (tertiary/aromatic N) is 2. The Labute approximate surface area is 100 Å². The van der Waals surface area contributed by atoms with E-state index in [-0.39, 0.29) is 18.6 Å². The normalized spacial score (nSPS) is 21.9. The van der Waals surface area contributed by atoms with Gasteiger partial charge in [-0.05, 0) is 26.2 Å². The van der Waals surface area contributed by atoms with Crippen molar-refractivity contribution in [1.82, 2.24) is 10.1 Å². The van der Waals surface area contributed by atoms with E-state index in [0.717, 1.165) is 19.3 Å². The molecule has 1 aliphatic rings. The van der Waals surface area contributed by atoms with Gasteiger partial charge >= 0.3 is 0 Å². The molecule has 96 valence electrons. The molecular formula is C11H19N3O3. The van der Waals surface area contributed by atoms with Gasteiger partial charge in [0.2, 0.25) is 11.7 Å². The molecule has 2 rings (SSSR count). The number of ether oxygens (including phenoxy) is 1. The van der Waals surface area contributed by atoms with Crippen LogP contribution in [0.15, 0.2) is 4.52 Å². The Morgan fingerprint density at radius 3 is 2.76 bits per heavy atom. The zero-order valence-corrected chi connectivity index (χ0v) is 10.3. The predicted octanol–water partition coefficient (Wildman–Crippen LogP) is 0.347. The summed E-state index contributed by atoms with van der Waals surface area (Å²) in [5, 5.41) is 13.8. The molecule has 0 saturated heterocycles. The molecule has 0 aromatic carbocycles. The average Bonchev–Trinajstić information content (AvgIpc) is 2.65. The maximum absolute atomic E-state index is 9.83. The zero-order valence-electron chi connectivity index (χ0n) is 10.3. The largest absolute Gasteiger partial charge is 0.388 e. The molecule has 0 aliphatic heterocycles. The molecule has 0 spiro atoms. The highest BCUT2D eigenvalue weighted by molar-refractivity contribution is 5.07. The lowest BCUT2D eigenvalue weighted by molar-refractivity contribution is -0.0858. The number of aliphatic hydroxyl groups is 1. The fraction of sp³-hybridized carbons (Fsp3) is 0.818. The molecule has 1 atom stereocenters. The van der Waals surface area contributed by atoms with E-state index >= 15 is 0 Å². The molecule has 1 heterocycles. The maximum atomic E-state index is 9.83. The maximum Gasteiger partial charge on any atom is 0.229 e. The van der Waals surface area contributed by atoms with Crippen molar-refractivity contribution in [1.29, 1.82) is 0 Å². The van der Waals surface area contributed by atoms with Crippen molar-refractivity contribution in [2.75, 3.05) is 13.7 Å². The van der Waals surface area contributed by atoms with Crippen LogP contribution < -0.4 is 5.73 Å². The summed E-state index contributed by atoms with van der Waals surface area (Å²) in [7, 11) is 1.66. The van der Waals surface area contributed by atoms with Crippen LogP contribution in [0.1, 0.15) is 37.9 Å². The molecule has 0 bridgehead atoms. The van der Waals surface area contributed by atoms with E-state index in [1.54, 1.807) is 14.0 Å². The second-order valence-electron chi connectivity index (χ2n) is 4.94. The summed E-state index contributed by atoms with van der Waals surface area (Å²) >= 11 is 0. The first kappa shape index (κ1) is 12.5. The second kappa shape index (κ2) is 4.36. The van der Waals surface area contributed by atoms with Gasteiger partial charge < -0.3 is 20.1 Å². The van der Waals surface area contributed by atoms with Gasteiger partial charge in [0.1, 0.15) is 5.60 Å². The lowest BCUT2D eigenvalue weighted by Gasteiger charge is -2.37. The van der Waals surface area contributed by atoms with Gasteiger partial charge in [0.15, 0.2) is 0 Å². The number of methoxy groups -OCH3 is 1. The molecule has 1 saturated carbocycles. The fourth-order valence-corrected chi connectivity index (χ4v) is 1.93. The van der Waals surface area contributed by atoms with Gasteiger partial charge in [0.05, 0.1) is 12.0 Å². The van der Waals surface area contributed by atoms with Crippen LogP contribution in [0.5, 0.6) is 0 Å². The molecule has 6 nitrogen and oxygen atoms in total. The van der Waals surface area contributed by atoms with Gasteiger partial charge in [-0.2, -0.15) is 4.98 Å². The highest BCUT2D eigenvalue weighted by Gasteiger charge is 2.43. The summed E-state index contributed by atoms with van der Waals surface area (Å²) in [4.78, 5) is 4.29. The van der Waals surface area contributed by atoms with Gasteiger partial charge in [-0.3, -0.25) is 0 Å². The summed E-state index contributed by atoms with van der Waals surface area (Å²) in [5.74, 6) is 0.979. The van der Waals surface area contributed by atoms with E-state index in [0.29, 0.717) is 11.7 Å². The van der Waals surface area contributed by atoms with Crippen molar-refractivity contribution in [2.45, 2.75) is 43.8 Å². The van der Waals surface area contributed by atoms with Crippen LogP contribution in [0.4, 0.5) is 0 Å². The van der Waals surface area contributed by atoms with Gasteiger partial charge in [-0.1, -0.05) is 5.16 Å². The van der Waals surface area contributed by atoms with Crippen molar-refractivity contribution < 1.29 is 14.4 Å². The standard InChI is InChI=1S/C11H19N3O3/c1-10(15,7-12)6-8-13-9(14-17-8)11(16-2)4-3-5-11/h15H,3-7,12H2,1-2H3. The average molecular weight is 241 g/mol. The van der Waals surface area contributed by atoms with Gasteiger partial charge in [-0.25, -0.2) is 0 Å². The second-order valence-corrected chi connectivity index (χ2v) is 4.94. The van der Waals surface area contributed by atoms with Gasteiger partial charge in [0, 0.05) is 13.7 Å². The first-order valence-corrected chi connectivity index (χ1v) is 5.82. The highest BCUT2D eigenvalue weighted by atomic mass is 16.5. The zero-order chi connectivity index (χ0) is 12.5. The first-order chi connectivity index (χ1) is 8.01. The molecule has 1 aromatic rings. The summed E-state index contributed by atoms with van der Waals surface area (Å²) in [6, 6.07) is 0. The fourth-order valence-electron chi connectivity index (χ4n) is 1.93. The number of hydrogen-bond donors (Lipinski definition) is 2. The lowest BCUT2D eigenvalue weighted by atomic mass is 9.79. The molecule has 0 amide bonds. The minimum atomic E-state index is -1.01. The molecule has 1 unspecified atom stereocenters. The van der Waals surface area contributed by atoms with Crippen LogP contribution in [-0.2, 0) is 16.8 Å². The van der Waals surface area contributed by atoms with Crippen LogP contribution in [0.2, 0.25) is 0 Å². The molecule has 1 aliphatic carbocycles. The molecule has 1 aromatic heterocycles. The number of aromatic nitrogens is 2. The topological polar surface area (TPSA) is 94.4 Å². The molecule has 1 fully saturated rings. The molecule has 17 heavy (non-hydrogen) atoms. The summed E-state index contributed by atoms with van der Waals surface area (Å²) in [6.07, 6.45) is 3.19. The molecular weight excluding hydrogens is 222 g/mol. The Morgan fingerprint density at radius 2 is 2.29 bits per heavy atom. The molecule has 6 heteroatoms. The van der Waals surface area contributed by atoms with E-state index in [1.165, 1.54) is 0 Å². The van der Waals surface area contributed by atoms with Crippen LogP contribution in [0.3, 0.4) is 0 Å². The summed E-state index contributed by atoms with van der Waals surface area (Å²) in [5.41, 5.74) is 4.06. The predicted molar refractivity (Wildman–Crippen MR) is 60.2 cm³/mol. The van der Waals surface area contributed by atoms with Crippen LogP contribution in [-0.4, -0.2) is 34.5 Å². The van der Waals surface area contributed by atoms with E-state index < -0.39 is 5.60 Å². The quantitative estimate of drug-likeness (QED) is 0.772. The minimum absolute atomic E-state index is 0.153. The lowest BCUT2D eigenvalue weighted by Crippen LogP contribution is -2.38. The van der Waals surface area contributed by atoms with E-state index in [2.05, 4.69) is 10.1 Å². The van der Waals surface area contributed by atoms with E-state index in [1.807, 2.05) is 0 Å². The number of rotatable bonds is 5. The van der Waals surface area contributed by atoms with Crippen LogP contribution >= 0.6 is 0 Å². The third-order valence-electron chi connectivity index (χ3n) is 3.40. The number of hydrogen-bond acceptors (Lipinski definition) is 6. The van der Waals surface area contributed by atoms with Gasteiger partial charge in [0.25, 0.3) is 0 Å². The van der Waals surface area contributed by atoms with Crippen molar-refractivity contribution >= 4 is 0 Å². The molecule has 3 N–H and O–H groups in total. The summed E-state index contributed by atoms with van der Waals surface area (Å²) < 4.78 is 10.6. The Balaban J connectivity index is 2.11. The van der Waals surface area contributed by atoms with Crippen molar-refractivity contribution in [3.05, 3.63) is 11.7 Å². The SMILES string of the molecule is COC1(c2noc(CC(C)(O)CN)n2)CCC1. The first-order valence-electron chi connectivity index (χ1n) is 5.82. The highest BCUT2D eigenvalue weighted by Crippen LogP contribution is 2.42. The Hall–Kier alpha value is -0.980. The van der Waals surface area contributed by atoms with Crippen LogP contribution in [0, 0.1) is 0 Å². The smallest absolute Gasteiger partial charge is 0.229 e. The van der Waals surface area contributed by atoms with Crippen molar-refractivity contribution in [2.24, 2.45) is 5.73 Å². The number of nitrogens with two attached hydrogens (primary N) is 1. The third kappa shape index (κ3) is 2.34. The van der Waals surface area contributed by atoms with E-state index in [4.69, 9.17) is 15.0 Å². The monoisotopic (exact) mass is 241 g/mol. The van der Waals surface area contributed by atoms with Crippen LogP contribution in [0.25, 0.3) is 0 Å². The Morgan fingerprint density at radius 1 is 1.59 bits per heavy atom. The van der Waals surface area contributed by atoms with E-state index in [9.17, 15) is 5.11 Å². The van der Waals surface area contributed by atoms with Crippen molar-refractivity contribution in [3.8, 4) is 0 Å². The third-order valence-corrected chi connectivity index (χ3v) is 3.40. The van der Waals surface area contributed by atoms with Crippen molar-refractivity contribution in [3.63, 3.8) is 0 Å².